The number of thioether (sulfide) groups is 1. The van der Waals surface area contributed by atoms with E-state index in [4.69, 9.17) is 9.47 Å². The molecule has 0 aliphatic carbocycles. The monoisotopic (exact) mass is 432 g/mol. The van der Waals surface area contributed by atoms with E-state index >= 15 is 0 Å². The van der Waals surface area contributed by atoms with Crippen LogP contribution >= 0.6 is 23.1 Å². The molecule has 5 nitrogen and oxygen atoms in total. The summed E-state index contributed by atoms with van der Waals surface area (Å²) in [5, 5.41) is 1.99. The molecule has 1 aromatic carbocycles. The molecule has 2 aliphatic heterocycles. The van der Waals surface area contributed by atoms with E-state index in [0.29, 0.717) is 26.4 Å². The highest BCUT2D eigenvalue weighted by molar-refractivity contribution is 7.98. The van der Waals surface area contributed by atoms with Crippen molar-refractivity contribution in [2.45, 2.75) is 17.0 Å². The Hall–Kier alpha value is -1.22. The predicted octanol–water partition coefficient (Wildman–Crippen LogP) is 3.43. The van der Waals surface area contributed by atoms with E-state index in [1.54, 1.807) is 11.8 Å². The Bertz CT molecular complexity index is 770. The summed E-state index contributed by atoms with van der Waals surface area (Å²) < 4.78 is 11.2. The van der Waals surface area contributed by atoms with Crippen molar-refractivity contribution in [3.63, 3.8) is 0 Å². The second kappa shape index (κ2) is 10.2. The first-order valence-corrected chi connectivity index (χ1v) is 12.2. The minimum atomic E-state index is -0.226. The fourth-order valence-corrected chi connectivity index (χ4v) is 5.28. The van der Waals surface area contributed by atoms with Gasteiger partial charge in [-0.25, -0.2) is 0 Å². The van der Waals surface area contributed by atoms with Crippen LogP contribution in [-0.2, 0) is 9.47 Å². The number of carbonyl (C=O) groups excluding carboxylic acids is 1. The van der Waals surface area contributed by atoms with Crippen LogP contribution in [0.5, 0.6) is 0 Å². The van der Waals surface area contributed by atoms with E-state index in [1.807, 2.05) is 17.5 Å². The molecule has 0 unspecified atom stereocenters. The molecule has 0 radical (unpaired) electrons. The highest BCUT2D eigenvalue weighted by Crippen LogP contribution is 2.33. The Labute approximate surface area is 181 Å². The second-order valence-corrected chi connectivity index (χ2v) is 9.13. The Morgan fingerprint density at radius 3 is 2.14 bits per heavy atom. The number of thiophene rings is 1. The van der Waals surface area contributed by atoms with Crippen LogP contribution in [0.4, 0.5) is 0 Å². The van der Waals surface area contributed by atoms with Crippen LogP contribution in [0, 0.1) is 0 Å². The third-order valence-corrected chi connectivity index (χ3v) is 7.30. The number of rotatable bonds is 7. The lowest BCUT2D eigenvalue weighted by Gasteiger charge is -2.44. The van der Waals surface area contributed by atoms with Gasteiger partial charge in [0.1, 0.15) is 0 Å². The molecule has 4 rings (SSSR count). The Morgan fingerprint density at radius 2 is 1.59 bits per heavy atom. The predicted molar refractivity (Wildman–Crippen MR) is 118 cm³/mol. The number of hydrogen-bond donors (Lipinski definition) is 0. The zero-order chi connectivity index (χ0) is 20.1. The quantitative estimate of drug-likeness (QED) is 0.493. The lowest BCUT2D eigenvalue weighted by atomic mass is 9.91. The standard InChI is InChI=1S/C22H28N2O3S2/c1-28-18-6-4-17(5-7-18)20(23-8-12-26-13-9-23)21(24-10-14-27-15-11-24)22(25)19-3-2-16-29-19/h2-7,16,20-21H,8-15H2,1H3/t20-,21+/m0/s1. The van der Waals surface area contributed by atoms with Crippen LogP contribution in [0.15, 0.2) is 46.7 Å². The minimum Gasteiger partial charge on any atom is -0.379 e. The fourth-order valence-electron chi connectivity index (χ4n) is 4.18. The van der Waals surface area contributed by atoms with Gasteiger partial charge in [0, 0.05) is 31.1 Å². The van der Waals surface area contributed by atoms with Gasteiger partial charge >= 0.3 is 0 Å². The maximum absolute atomic E-state index is 13.8. The SMILES string of the molecule is CSc1ccc([C@@H]([C@H](C(=O)c2cccs2)N2CCOCC2)N2CCOCC2)cc1. The molecule has 2 fully saturated rings. The van der Waals surface area contributed by atoms with Gasteiger partial charge in [-0.2, -0.15) is 0 Å². The smallest absolute Gasteiger partial charge is 0.191 e. The van der Waals surface area contributed by atoms with Crippen molar-refractivity contribution in [1.82, 2.24) is 9.80 Å². The van der Waals surface area contributed by atoms with Gasteiger partial charge in [0.15, 0.2) is 5.78 Å². The largest absolute Gasteiger partial charge is 0.379 e. The third-order valence-electron chi connectivity index (χ3n) is 5.67. The summed E-state index contributed by atoms with van der Waals surface area (Å²) in [6.07, 6.45) is 2.09. The molecular weight excluding hydrogens is 404 g/mol. The minimum absolute atomic E-state index is 0.00232. The molecular formula is C22H28N2O3S2. The van der Waals surface area contributed by atoms with Crippen LogP contribution < -0.4 is 0 Å². The van der Waals surface area contributed by atoms with E-state index < -0.39 is 0 Å². The number of carbonyl (C=O) groups is 1. The van der Waals surface area contributed by atoms with Gasteiger partial charge in [0.2, 0.25) is 0 Å². The average molecular weight is 433 g/mol. The summed E-state index contributed by atoms with van der Waals surface area (Å²) in [7, 11) is 0. The van der Waals surface area contributed by atoms with Gasteiger partial charge < -0.3 is 9.47 Å². The molecule has 2 aromatic rings. The molecule has 7 heteroatoms. The molecule has 0 amide bonds. The molecule has 0 bridgehead atoms. The lowest BCUT2D eigenvalue weighted by molar-refractivity contribution is -0.0300. The first kappa shape index (κ1) is 21.0. The van der Waals surface area contributed by atoms with Crippen molar-refractivity contribution in [2.24, 2.45) is 0 Å². The summed E-state index contributed by atoms with van der Waals surface area (Å²) in [4.78, 5) is 20.6. The summed E-state index contributed by atoms with van der Waals surface area (Å²) in [6, 6.07) is 12.4. The molecule has 0 spiro atoms. The Balaban J connectivity index is 1.74. The number of ether oxygens (including phenoxy) is 2. The van der Waals surface area contributed by atoms with E-state index in [1.165, 1.54) is 21.8 Å². The molecule has 0 saturated carbocycles. The molecule has 156 valence electrons. The van der Waals surface area contributed by atoms with E-state index in [9.17, 15) is 4.79 Å². The van der Waals surface area contributed by atoms with Crippen molar-refractivity contribution < 1.29 is 14.3 Å². The van der Waals surface area contributed by atoms with Gasteiger partial charge in [-0.15, -0.1) is 23.1 Å². The van der Waals surface area contributed by atoms with Crippen molar-refractivity contribution >= 4 is 28.9 Å². The van der Waals surface area contributed by atoms with Crippen molar-refractivity contribution in [3.8, 4) is 0 Å². The molecule has 2 saturated heterocycles. The highest BCUT2D eigenvalue weighted by atomic mass is 32.2. The van der Waals surface area contributed by atoms with Crippen molar-refractivity contribution in [2.75, 3.05) is 58.9 Å². The number of Topliss-reactive ketones (excluding diaryl/α,β-unsaturated/α-hetero) is 1. The summed E-state index contributed by atoms with van der Waals surface area (Å²) in [5.74, 6) is 0.215. The fraction of sp³-hybridized carbons (Fsp3) is 0.500. The van der Waals surface area contributed by atoms with E-state index in [0.717, 1.165) is 31.1 Å². The molecule has 1 aromatic heterocycles. The summed E-state index contributed by atoms with van der Waals surface area (Å²) in [6.45, 7) is 6.02. The molecule has 3 heterocycles. The van der Waals surface area contributed by atoms with Crippen LogP contribution in [-0.4, -0.2) is 80.5 Å². The number of hydrogen-bond acceptors (Lipinski definition) is 7. The molecule has 29 heavy (non-hydrogen) atoms. The van der Waals surface area contributed by atoms with Gasteiger partial charge in [0.05, 0.1) is 43.4 Å². The highest BCUT2D eigenvalue weighted by Gasteiger charge is 2.40. The van der Waals surface area contributed by atoms with Crippen LogP contribution in [0.2, 0.25) is 0 Å². The number of benzene rings is 1. The maximum atomic E-state index is 13.8. The number of morpholine rings is 2. The zero-order valence-electron chi connectivity index (χ0n) is 16.8. The number of nitrogens with zero attached hydrogens (tertiary/aromatic N) is 2. The molecule has 2 aliphatic rings. The van der Waals surface area contributed by atoms with E-state index in [2.05, 4.69) is 40.3 Å². The second-order valence-electron chi connectivity index (χ2n) is 7.30. The third kappa shape index (κ3) is 4.93. The topological polar surface area (TPSA) is 42.0 Å². The van der Waals surface area contributed by atoms with Gasteiger partial charge in [-0.3, -0.25) is 14.6 Å². The Kier molecular flexibility index (Phi) is 7.39. The van der Waals surface area contributed by atoms with Crippen molar-refractivity contribution in [3.05, 3.63) is 52.2 Å². The molecule has 0 N–H and O–H groups in total. The average Bonchev–Trinajstić information content (AvgIpc) is 3.33. The maximum Gasteiger partial charge on any atom is 0.191 e. The van der Waals surface area contributed by atoms with Gasteiger partial charge in [-0.05, 0) is 35.4 Å². The lowest BCUT2D eigenvalue weighted by Crippen LogP contribution is -2.55. The van der Waals surface area contributed by atoms with Gasteiger partial charge in [0.25, 0.3) is 0 Å². The van der Waals surface area contributed by atoms with E-state index in [-0.39, 0.29) is 17.9 Å². The van der Waals surface area contributed by atoms with Crippen LogP contribution in [0.25, 0.3) is 0 Å². The van der Waals surface area contributed by atoms with Gasteiger partial charge in [-0.1, -0.05) is 18.2 Å². The first-order valence-electron chi connectivity index (χ1n) is 10.1. The normalized spacial score (nSPS) is 21.0. The summed E-state index contributed by atoms with van der Waals surface area (Å²) >= 11 is 3.27. The van der Waals surface area contributed by atoms with Crippen LogP contribution in [0.1, 0.15) is 21.3 Å². The van der Waals surface area contributed by atoms with Crippen LogP contribution in [0.3, 0.4) is 0 Å². The Morgan fingerprint density at radius 1 is 0.966 bits per heavy atom. The zero-order valence-corrected chi connectivity index (χ0v) is 18.4. The first-order chi connectivity index (χ1) is 14.3. The molecule has 2 atom stereocenters. The number of ketones is 1. The van der Waals surface area contributed by atoms with Crippen molar-refractivity contribution in [1.29, 1.82) is 0 Å². The summed E-state index contributed by atoms with van der Waals surface area (Å²) in [5.41, 5.74) is 1.20.